The zero-order chi connectivity index (χ0) is 21.1. The highest BCUT2D eigenvalue weighted by atomic mass is 16.5. The summed E-state index contributed by atoms with van der Waals surface area (Å²) >= 11 is 0. The van der Waals surface area contributed by atoms with Crippen LogP contribution in [0.25, 0.3) is 0 Å². The molecule has 158 valence electrons. The van der Waals surface area contributed by atoms with Gasteiger partial charge in [-0.2, -0.15) is 0 Å². The Morgan fingerprint density at radius 3 is 2.17 bits per heavy atom. The summed E-state index contributed by atoms with van der Waals surface area (Å²) in [6, 6.07) is 18.9. The third-order valence-corrected chi connectivity index (χ3v) is 5.61. The molecular formula is C23H30N6O. The minimum atomic E-state index is -0.184. The number of benzene rings is 2. The average Bonchev–Trinajstić information content (AvgIpc) is 3.25. The van der Waals surface area contributed by atoms with Crippen molar-refractivity contribution in [3.05, 3.63) is 66.0 Å². The van der Waals surface area contributed by atoms with Gasteiger partial charge in [0.05, 0.1) is 18.7 Å². The third kappa shape index (κ3) is 4.16. The van der Waals surface area contributed by atoms with E-state index in [9.17, 15) is 0 Å². The predicted octanol–water partition coefficient (Wildman–Crippen LogP) is 3.35. The summed E-state index contributed by atoms with van der Waals surface area (Å²) in [6.07, 6.45) is 0. The van der Waals surface area contributed by atoms with Gasteiger partial charge < -0.3 is 9.64 Å². The lowest BCUT2D eigenvalue weighted by Gasteiger charge is -2.40. The van der Waals surface area contributed by atoms with E-state index in [1.807, 2.05) is 16.8 Å². The highest BCUT2D eigenvalue weighted by Crippen LogP contribution is 2.31. The van der Waals surface area contributed by atoms with E-state index in [4.69, 9.17) is 4.74 Å². The Morgan fingerprint density at radius 1 is 0.900 bits per heavy atom. The molecule has 2 aromatic carbocycles. The fourth-order valence-electron chi connectivity index (χ4n) is 4.03. The number of nitrogens with zero attached hydrogens (tertiary/aromatic N) is 6. The summed E-state index contributed by atoms with van der Waals surface area (Å²) in [7, 11) is 1.70. The van der Waals surface area contributed by atoms with Crippen LogP contribution in [0.4, 0.5) is 5.69 Å². The van der Waals surface area contributed by atoms with Crippen molar-refractivity contribution in [2.24, 2.45) is 0 Å². The molecule has 4 rings (SSSR count). The van der Waals surface area contributed by atoms with Gasteiger partial charge in [0.15, 0.2) is 5.82 Å². The normalized spacial score (nSPS) is 16.5. The zero-order valence-electron chi connectivity index (χ0n) is 18.2. The molecule has 0 spiro atoms. The quantitative estimate of drug-likeness (QED) is 0.648. The summed E-state index contributed by atoms with van der Waals surface area (Å²) in [6.45, 7) is 10.2. The molecular weight excluding hydrogens is 376 g/mol. The van der Waals surface area contributed by atoms with Crippen LogP contribution in [0.1, 0.15) is 38.2 Å². The van der Waals surface area contributed by atoms with Crippen LogP contribution in [0.2, 0.25) is 0 Å². The highest BCUT2D eigenvalue weighted by molar-refractivity contribution is 5.49. The van der Waals surface area contributed by atoms with Crippen molar-refractivity contribution in [3.63, 3.8) is 0 Å². The van der Waals surface area contributed by atoms with E-state index in [1.165, 1.54) is 11.3 Å². The molecule has 0 N–H and O–H groups in total. The molecule has 1 atom stereocenters. The SMILES string of the molecule is COc1ccc(N2CCN([C@@H](c3ccccc3)c3nnnn3C(C)(C)C)CC2)cc1. The fraction of sp³-hybridized carbons (Fsp3) is 0.435. The van der Waals surface area contributed by atoms with Crippen molar-refractivity contribution in [1.29, 1.82) is 0 Å². The predicted molar refractivity (Wildman–Crippen MR) is 118 cm³/mol. The summed E-state index contributed by atoms with van der Waals surface area (Å²) < 4.78 is 7.24. The van der Waals surface area contributed by atoms with Gasteiger partial charge in [-0.05, 0) is 61.0 Å². The van der Waals surface area contributed by atoms with Crippen molar-refractivity contribution in [2.75, 3.05) is 38.2 Å². The maximum Gasteiger partial charge on any atom is 0.173 e. The number of piperazine rings is 1. The van der Waals surface area contributed by atoms with Gasteiger partial charge in [-0.3, -0.25) is 4.90 Å². The van der Waals surface area contributed by atoms with Crippen LogP contribution in [0.15, 0.2) is 54.6 Å². The highest BCUT2D eigenvalue weighted by Gasteiger charge is 2.33. The van der Waals surface area contributed by atoms with Crippen molar-refractivity contribution in [3.8, 4) is 5.75 Å². The second-order valence-electron chi connectivity index (χ2n) is 8.65. The van der Waals surface area contributed by atoms with Gasteiger partial charge in [0, 0.05) is 31.9 Å². The molecule has 1 aromatic heterocycles. The van der Waals surface area contributed by atoms with Gasteiger partial charge in [0.1, 0.15) is 5.75 Å². The van der Waals surface area contributed by atoms with Gasteiger partial charge in [-0.15, -0.1) is 5.10 Å². The third-order valence-electron chi connectivity index (χ3n) is 5.61. The van der Waals surface area contributed by atoms with Gasteiger partial charge in [0.25, 0.3) is 0 Å². The van der Waals surface area contributed by atoms with Crippen molar-refractivity contribution in [2.45, 2.75) is 32.4 Å². The Bertz CT molecular complexity index is 940. The summed E-state index contributed by atoms with van der Waals surface area (Å²) in [5.74, 6) is 1.78. The molecule has 0 bridgehead atoms. The van der Waals surface area contributed by atoms with Crippen LogP contribution in [0, 0.1) is 0 Å². The van der Waals surface area contributed by atoms with E-state index in [-0.39, 0.29) is 11.6 Å². The Labute approximate surface area is 178 Å². The largest absolute Gasteiger partial charge is 0.497 e. The lowest BCUT2D eigenvalue weighted by Crippen LogP contribution is -2.48. The number of methoxy groups -OCH3 is 1. The topological polar surface area (TPSA) is 59.3 Å². The molecule has 1 fully saturated rings. The number of tetrazole rings is 1. The molecule has 0 amide bonds. The molecule has 7 heteroatoms. The Hall–Kier alpha value is -2.93. The number of rotatable bonds is 5. The molecule has 7 nitrogen and oxygen atoms in total. The Balaban J connectivity index is 1.58. The lowest BCUT2D eigenvalue weighted by atomic mass is 10.0. The van der Waals surface area contributed by atoms with Crippen molar-refractivity contribution < 1.29 is 4.74 Å². The molecule has 0 radical (unpaired) electrons. The van der Waals surface area contributed by atoms with Crippen LogP contribution in [-0.4, -0.2) is 58.4 Å². The van der Waals surface area contributed by atoms with Crippen LogP contribution in [0.3, 0.4) is 0 Å². The molecule has 0 aliphatic carbocycles. The van der Waals surface area contributed by atoms with Gasteiger partial charge in [-0.1, -0.05) is 30.3 Å². The first kappa shape index (κ1) is 20.3. The first-order valence-electron chi connectivity index (χ1n) is 10.4. The van der Waals surface area contributed by atoms with Gasteiger partial charge >= 0.3 is 0 Å². The second-order valence-corrected chi connectivity index (χ2v) is 8.65. The maximum absolute atomic E-state index is 5.29. The molecule has 30 heavy (non-hydrogen) atoms. The van der Waals surface area contributed by atoms with Crippen LogP contribution in [-0.2, 0) is 5.54 Å². The minimum absolute atomic E-state index is 0.0263. The molecule has 3 aromatic rings. The van der Waals surface area contributed by atoms with Gasteiger partial charge in [0.2, 0.25) is 0 Å². The van der Waals surface area contributed by atoms with E-state index >= 15 is 0 Å². The Morgan fingerprint density at radius 2 is 1.57 bits per heavy atom. The number of hydrogen-bond donors (Lipinski definition) is 0. The first-order valence-corrected chi connectivity index (χ1v) is 10.4. The first-order chi connectivity index (χ1) is 14.5. The summed E-state index contributed by atoms with van der Waals surface area (Å²) in [5.41, 5.74) is 2.26. The van der Waals surface area contributed by atoms with Crippen LogP contribution >= 0.6 is 0 Å². The summed E-state index contributed by atoms with van der Waals surface area (Å²) in [5, 5.41) is 12.8. The van der Waals surface area contributed by atoms with E-state index < -0.39 is 0 Å². The smallest absolute Gasteiger partial charge is 0.173 e. The van der Waals surface area contributed by atoms with E-state index in [1.54, 1.807) is 7.11 Å². The van der Waals surface area contributed by atoms with E-state index in [0.717, 1.165) is 37.8 Å². The molecule has 2 heterocycles. The van der Waals surface area contributed by atoms with E-state index in [2.05, 4.69) is 88.6 Å². The number of ether oxygens (including phenoxy) is 1. The number of anilines is 1. The zero-order valence-corrected chi connectivity index (χ0v) is 18.2. The standard InChI is InChI=1S/C23H30N6O/c1-23(2,3)29-22(24-25-26-29)21(18-8-6-5-7-9-18)28-16-14-27(15-17-28)19-10-12-20(30-4)13-11-19/h5-13,21H,14-17H2,1-4H3/t21-/m0/s1. The maximum atomic E-state index is 5.29. The number of hydrogen-bond acceptors (Lipinski definition) is 6. The minimum Gasteiger partial charge on any atom is -0.497 e. The van der Waals surface area contributed by atoms with E-state index in [0.29, 0.717) is 0 Å². The number of aromatic nitrogens is 4. The van der Waals surface area contributed by atoms with Crippen molar-refractivity contribution in [1.82, 2.24) is 25.1 Å². The molecule has 0 unspecified atom stereocenters. The molecule has 1 saturated heterocycles. The molecule has 0 saturated carbocycles. The molecule has 1 aliphatic rings. The van der Waals surface area contributed by atoms with Crippen LogP contribution in [0.5, 0.6) is 5.75 Å². The summed E-state index contributed by atoms with van der Waals surface area (Å²) in [4.78, 5) is 4.91. The van der Waals surface area contributed by atoms with Crippen molar-refractivity contribution >= 4 is 5.69 Å². The van der Waals surface area contributed by atoms with Gasteiger partial charge in [-0.25, -0.2) is 4.68 Å². The Kier molecular flexibility index (Phi) is 5.72. The van der Waals surface area contributed by atoms with Crippen LogP contribution < -0.4 is 9.64 Å². The average molecular weight is 407 g/mol. The molecule has 1 aliphatic heterocycles. The lowest BCUT2D eigenvalue weighted by molar-refractivity contribution is 0.191. The fourth-order valence-corrected chi connectivity index (χ4v) is 4.03. The second kappa shape index (κ2) is 8.44. The monoisotopic (exact) mass is 406 g/mol.